The molecular formula is C19H19N3O. The third-order valence-corrected chi connectivity index (χ3v) is 3.83. The molecule has 0 bridgehead atoms. The number of aliphatic imine (C=N–C) groups is 1. The van der Waals surface area contributed by atoms with E-state index in [1.807, 2.05) is 68.4 Å². The number of hydrogen-bond acceptors (Lipinski definition) is 3. The summed E-state index contributed by atoms with van der Waals surface area (Å²) in [6.07, 6.45) is 1.71. The third kappa shape index (κ3) is 3.37. The number of amides is 1. The molecular weight excluding hydrogens is 286 g/mol. The van der Waals surface area contributed by atoms with E-state index in [-0.39, 0.29) is 11.8 Å². The van der Waals surface area contributed by atoms with Gasteiger partial charge in [-0.1, -0.05) is 48.0 Å². The molecule has 0 radical (unpaired) electrons. The molecule has 0 unspecified atom stereocenters. The largest absolute Gasteiger partial charge is 0.292 e. The first-order chi connectivity index (χ1) is 11.1. The molecule has 1 heterocycles. The first-order valence-corrected chi connectivity index (χ1v) is 7.65. The topological polar surface area (TPSA) is 45.0 Å². The summed E-state index contributed by atoms with van der Waals surface area (Å²) in [6, 6.07) is 17.8. The number of hydrazone groups is 1. The van der Waals surface area contributed by atoms with Gasteiger partial charge in [-0.25, -0.2) is 0 Å². The van der Waals surface area contributed by atoms with Crippen molar-refractivity contribution in [2.75, 3.05) is 5.01 Å². The second kappa shape index (κ2) is 6.57. The summed E-state index contributed by atoms with van der Waals surface area (Å²) in [4.78, 5) is 17.0. The summed E-state index contributed by atoms with van der Waals surface area (Å²) in [7, 11) is 0. The molecule has 2 aromatic carbocycles. The van der Waals surface area contributed by atoms with Crippen LogP contribution in [0.1, 0.15) is 18.1 Å². The molecule has 4 heteroatoms. The number of carbonyl (C=O) groups excluding carboxylic acids is 1. The molecule has 1 amide bonds. The maximum absolute atomic E-state index is 12.6. The molecule has 1 atom stereocenters. The molecule has 1 aliphatic heterocycles. The minimum Gasteiger partial charge on any atom is -0.292 e. The summed E-state index contributed by atoms with van der Waals surface area (Å²) in [5.74, 6) is -0.428. The van der Waals surface area contributed by atoms with Gasteiger partial charge in [0.1, 0.15) is 5.92 Å². The van der Waals surface area contributed by atoms with E-state index in [9.17, 15) is 4.79 Å². The summed E-state index contributed by atoms with van der Waals surface area (Å²) in [6.45, 7) is 4.46. The van der Waals surface area contributed by atoms with Crippen molar-refractivity contribution in [2.45, 2.75) is 20.4 Å². The highest BCUT2D eigenvalue weighted by Crippen LogP contribution is 2.23. The van der Waals surface area contributed by atoms with Crippen molar-refractivity contribution >= 4 is 23.5 Å². The van der Waals surface area contributed by atoms with E-state index in [2.05, 4.69) is 10.1 Å². The van der Waals surface area contributed by atoms with Gasteiger partial charge in [-0.2, -0.15) is 10.1 Å². The van der Waals surface area contributed by atoms with Gasteiger partial charge >= 0.3 is 0 Å². The van der Waals surface area contributed by atoms with E-state index in [1.54, 1.807) is 6.21 Å². The molecule has 0 spiro atoms. The van der Waals surface area contributed by atoms with Gasteiger partial charge in [0.25, 0.3) is 5.91 Å². The van der Waals surface area contributed by atoms with Crippen molar-refractivity contribution in [1.29, 1.82) is 0 Å². The van der Waals surface area contributed by atoms with Gasteiger partial charge in [0, 0.05) is 6.21 Å². The molecule has 23 heavy (non-hydrogen) atoms. The smallest absolute Gasteiger partial charge is 0.261 e. The van der Waals surface area contributed by atoms with Crippen LogP contribution >= 0.6 is 0 Å². The Bertz CT molecular complexity index is 748. The zero-order chi connectivity index (χ0) is 16.2. The zero-order valence-corrected chi connectivity index (χ0v) is 13.3. The van der Waals surface area contributed by atoms with Crippen molar-refractivity contribution in [2.24, 2.45) is 16.0 Å². The molecule has 3 rings (SSSR count). The number of benzene rings is 2. The lowest BCUT2D eigenvalue weighted by molar-refractivity contribution is -0.118. The van der Waals surface area contributed by atoms with Crippen molar-refractivity contribution in [3.05, 3.63) is 65.7 Å². The van der Waals surface area contributed by atoms with Gasteiger partial charge in [0.05, 0.1) is 17.9 Å². The fourth-order valence-electron chi connectivity index (χ4n) is 2.47. The van der Waals surface area contributed by atoms with Gasteiger partial charge in [0.2, 0.25) is 0 Å². The molecule has 0 aliphatic carbocycles. The molecule has 0 N–H and O–H groups in total. The average molecular weight is 305 g/mol. The first-order valence-electron chi connectivity index (χ1n) is 7.65. The van der Waals surface area contributed by atoms with E-state index in [0.29, 0.717) is 6.54 Å². The van der Waals surface area contributed by atoms with Crippen LogP contribution in [0.15, 0.2) is 64.7 Å². The van der Waals surface area contributed by atoms with Crippen LogP contribution in [0.4, 0.5) is 5.69 Å². The molecule has 116 valence electrons. The summed E-state index contributed by atoms with van der Waals surface area (Å²) >= 11 is 0. The van der Waals surface area contributed by atoms with Gasteiger partial charge in [-0.05, 0) is 31.5 Å². The van der Waals surface area contributed by atoms with Crippen molar-refractivity contribution in [1.82, 2.24) is 0 Å². The van der Waals surface area contributed by atoms with Gasteiger partial charge in [-0.3, -0.25) is 9.79 Å². The zero-order valence-electron chi connectivity index (χ0n) is 13.3. The highest BCUT2D eigenvalue weighted by atomic mass is 16.2. The van der Waals surface area contributed by atoms with Crippen LogP contribution in [0.2, 0.25) is 0 Å². The maximum Gasteiger partial charge on any atom is 0.261 e. The van der Waals surface area contributed by atoms with Crippen LogP contribution in [0.3, 0.4) is 0 Å². The Morgan fingerprint density at radius 3 is 2.48 bits per heavy atom. The molecule has 0 aromatic heterocycles. The normalized spacial score (nSPS) is 17.8. The number of nitrogens with zero attached hydrogens (tertiary/aromatic N) is 3. The van der Waals surface area contributed by atoms with Gasteiger partial charge < -0.3 is 0 Å². The van der Waals surface area contributed by atoms with Gasteiger partial charge in [-0.15, -0.1) is 0 Å². The fourth-order valence-corrected chi connectivity index (χ4v) is 2.47. The van der Waals surface area contributed by atoms with Crippen LogP contribution in [-0.4, -0.2) is 17.8 Å². The van der Waals surface area contributed by atoms with Gasteiger partial charge in [0.15, 0.2) is 0 Å². The molecule has 0 saturated carbocycles. The number of hydrogen-bond donors (Lipinski definition) is 0. The predicted octanol–water partition coefficient (Wildman–Crippen LogP) is 3.60. The molecule has 0 saturated heterocycles. The molecule has 0 fully saturated rings. The minimum absolute atomic E-state index is 0.0526. The Kier molecular flexibility index (Phi) is 4.33. The van der Waals surface area contributed by atoms with E-state index in [0.717, 1.165) is 22.5 Å². The monoisotopic (exact) mass is 305 g/mol. The SMILES string of the molecule is CC1=NN(c2ccc(C)cc2)C(=O)[C@@H]1C=NCc1ccccc1. The Morgan fingerprint density at radius 1 is 1.09 bits per heavy atom. The Balaban J connectivity index is 1.71. The maximum atomic E-state index is 12.6. The summed E-state index contributed by atoms with van der Waals surface area (Å²) in [5, 5.41) is 5.85. The van der Waals surface area contributed by atoms with Crippen LogP contribution in [0, 0.1) is 12.8 Å². The van der Waals surface area contributed by atoms with E-state index in [4.69, 9.17) is 0 Å². The highest BCUT2D eigenvalue weighted by Gasteiger charge is 2.32. The lowest BCUT2D eigenvalue weighted by Gasteiger charge is -2.12. The standard InChI is InChI=1S/C19H19N3O/c1-14-8-10-17(11-9-14)22-19(23)18(15(2)21-22)13-20-12-16-6-4-3-5-7-16/h3-11,13,18H,12H2,1-2H3/t18-/m1/s1. The quantitative estimate of drug-likeness (QED) is 0.796. The first kappa shape index (κ1) is 15.2. The van der Waals surface area contributed by atoms with Crippen molar-refractivity contribution < 1.29 is 4.79 Å². The van der Waals surface area contributed by atoms with E-state index >= 15 is 0 Å². The lowest BCUT2D eigenvalue weighted by atomic mass is 10.1. The third-order valence-electron chi connectivity index (χ3n) is 3.83. The number of anilines is 1. The summed E-state index contributed by atoms with van der Waals surface area (Å²) < 4.78 is 0. The molecule has 1 aliphatic rings. The van der Waals surface area contributed by atoms with Crippen molar-refractivity contribution in [3.8, 4) is 0 Å². The Morgan fingerprint density at radius 2 is 1.78 bits per heavy atom. The Labute approximate surface area is 136 Å². The number of carbonyl (C=O) groups is 1. The lowest BCUT2D eigenvalue weighted by Crippen LogP contribution is -2.27. The average Bonchev–Trinajstić information content (AvgIpc) is 2.85. The second-order valence-electron chi connectivity index (χ2n) is 5.68. The predicted molar refractivity (Wildman–Crippen MR) is 93.9 cm³/mol. The van der Waals surface area contributed by atoms with Crippen LogP contribution in [0.5, 0.6) is 0 Å². The summed E-state index contributed by atoms with van der Waals surface area (Å²) in [5.41, 5.74) is 3.84. The van der Waals surface area contributed by atoms with E-state index in [1.165, 1.54) is 5.01 Å². The number of rotatable bonds is 4. The van der Waals surface area contributed by atoms with Crippen LogP contribution in [-0.2, 0) is 11.3 Å². The highest BCUT2D eigenvalue weighted by molar-refractivity contribution is 6.23. The van der Waals surface area contributed by atoms with Crippen molar-refractivity contribution in [3.63, 3.8) is 0 Å². The second-order valence-corrected chi connectivity index (χ2v) is 5.68. The molecule has 2 aromatic rings. The van der Waals surface area contributed by atoms with E-state index < -0.39 is 0 Å². The fraction of sp³-hybridized carbons (Fsp3) is 0.211. The Hall–Kier alpha value is -2.75. The minimum atomic E-state index is -0.375. The molecule has 4 nitrogen and oxygen atoms in total. The number of aryl methyl sites for hydroxylation is 1. The van der Waals surface area contributed by atoms with Crippen LogP contribution in [0.25, 0.3) is 0 Å². The van der Waals surface area contributed by atoms with Crippen LogP contribution < -0.4 is 5.01 Å².